The number of hydrogen-bond acceptors (Lipinski definition) is 4. The zero-order chi connectivity index (χ0) is 28.6. The van der Waals surface area contributed by atoms with Gasteiger partial charge < -0.3 is 10.0 Å². The van der Waals surface area contributed by atoms with E-state index < -0.39 is 44.0 Å². The topological polar surface area (TPSA) is 91.8 Å². The van der Waals surface area contributed by atoms with Crippen molar-refractivity contribution in [3.05, 3.63) is 69.7 Å². The van der Waals surface area contributed by atoms with E-state index in [0.29, 0.717) is 10.0 Å². The summed E-state index contributed by atoms with van der Waals surface area (Å²) in [5, 5.41) is 10.2. The molecule has 1 aliphatic rings. The van der Waals surface area contributed by atoms with Crippen molar-refractivity contribution in [3.8, 4) is 0 Å². The molecule has 1 saturated heterocycles. The summed E-state index contributed by atoms with van der Waals surface area (Å²) < 4.78 is 26.6. The number of sulfone groups is 1. The maximum atomic E-state index is 14.4. The molecule has 0 spiro atoms. The first-order chi connectivity index (χ1) is 17.5. The predicted octanol–water partition coefficient (Wildman–Crippen LogP) is 6.77. The number of likely N-dealkylation sites (tertiary alicyclic amines) is 1. The van der Waals surface area contributed by atoms with E-state index >= 15 is 0 Å². The Labute approximate surface area is 236 Å². The lowest BCUT2D eigenvalue weighted by Gasteiger charge is -2.54. The van der Waals surface area contributed by atoms with E-state index in [-0.39, 0.29) is 30.4 Å². The van der Waals surface area contributed by atoms with E-state index in [1.165, 1.54) is 0 Å². The summed E-state index contributed by atoms with van der Waals surface area (Å²) in [7, 11) is -3.57. The molecule has 0 saturated carbocycles. The average Bonchev–Trinajstić information content (AvgIpc) is 2.79. The number of benzene rings is 2. The van der Waals surface area contributed by atoms with Crippen molar-refractivity contribution in [2.45, 2.75) is 77.6 Å². The van der Waals surface area contributed by atoms with Gasteiger partial charge in [-0.15, -0.1) is 0 Å². The molecule has 38 heavy (non-hydrogen) atoms. The van der Waals surface area contributed by atoms with Gasteiger partial charge in [0.15, 0.2) is 9.84 Å². The minimum absolute atomic E-state index is 0.241. The van der Waals surface area contributed by atoms with Crippen molar-refractivity contribution in [1.82, 2.24) is 4.90 Å². The summed E-state index contributed by atoms with van der Waals surface area (Å²) >= 11 is 12.6. The van der Waals surface area contributed by atoms with Crippen LogP contribution in [0.2, 0.25) is 10.0 Å². The highest BCUT2D eigenvalue weighted by Gasteiger charge is 2.54. The van der Waals surface area contributed by atoms with E-state index in [1.807, 2.05) is 51.1 Å². The molecule has 9 heteroatoms. The summed E-state index contributed by atoms with van der Waals surface area (Å²) in [5.74, 6) is -2.03. The lowest BCUT2D eigenvalue weighted by atomic mass is 9.66. The fourth-order valence-electron chi connectivity index (χ4n) is 5.38. The number of carbonyl (C=O) groups is 2. The van der Waals surface area contributed by atoms with Crippen LogP contribution >= 0.6 is 23.2 Å². The van der Waals surface area contributed by atoms with Crippen molar-refractivity contribution < 1.29 is 23.1 Å². The third-order valence-corrected chi connectivity index (χ3v) is 10.3. The molecule has 2 aromatic rings. The molecular formula is C29H37Cl2NO5S. The van der Waals surface area contributed by atoms with Crippen LogP contribution in [0.25, 0.3) is 0 Å². The number of hydrogen-bond donors (Lipinski definition) is 1. The highest BCUT2D eigenvalue weighted by atomic mass is 35.5. The molecule has 3 rings (SSSR count). The monoisotopic (exact) mass is 581 g/mol. The summed E-state index contributed by atoms with van der Waals surface area (Å²) in [6.07, 6.45) is -0.114. The van der Waals surface area contributed by atoms with Crippen molar-refractivity contribution in [2.75, 3.05) is 5.75 Å². The molecule has 1 fully saturated rings. The molecule has 1 amide bonds. The second-order valence-electron chi connectivity index (χ2n) is 12.0. The molecule has 1 heterocycles. The first kappa shape index (κ1) is 30.5. The highest BCUT2D eigenvalue weighted by molar-refractivity contribution is 7.92. The standard InChI is InChI=1S/C29H37Cl2NO5S/c1-18(2)38(36,37)17-24(28(3,4)5)32-26(19-10-12-21(30)13-11-19)23(20-8-7-9-22(31)14-20)15-29(6,27(32)35)16-25(33)34/h7-14,18,23-24,26H,15-17H2,1-6H3,(H,33,34). The fraction of sp³-hybridized carbons (Fsp3) is 0.517. The summed E-state index contributed by atoms with van der Waals surface area (Å²) in [6, 6.07) is 13.3. The molecule has 1 N–H and O–H groups in total. The van der Waals surface area contributed by atoms with Crippen LogP contribution in [0, 0.1) is 10.8 Å². The SMILES string of the molecule is CC(C)S(=O)(=O)CC(N1C(=O)C(C)(CC(=O)O)CC(c2cccc(Cl)c2)C1c1ccc(Cl)cc1)C(C)(C)C. The van der Waals surface area contributed by atoms with Crippen LogP contribution in [0.5, 0.6) is 0 Å². The number of piperidine rings is 1. The van der Waals surface area contributed by atoms with Gasteiger partial charge in [-0.2, -0.15) is 0 Å². The number of rotatable bonds is 8. The Morgan fingerprint density at radius 2 is 1.68 bits per heavy atom. The smallest absolute Gasteiger partial charge is 0.304 e. The van der Waals surface area contributed by atoms with E-state index in [2.05, 4.69) is 0 Å². The van der Waals surface area contributed by atoms with Gasteiger partial charge in [-0.3, -0.25) is 9.59 Å². The Morgan fingerprint density at radius 1 is 1.08 bits per heavy atom. The molecule has 208 valence electrons. The minimum atomic E-state index is -3.57. The molecule has 4 atom stereocenters. The zero-order valence-electron chi connectivity index (χ0n) is 22.7. The molecule has 0 aliphatic carbocycles. The van der Waals surface area contributed by atoms with Gasteiger partial charge in [-0.1, -0.05) is 75.2 Å². The average molecular weight is 583 g/mol. The van der Waals surface area contributed by atoms with Crippen LogP contribution in [0.15, 0.2) is 48.5 Å². The van der Waals surface area contributed by atoms with Crippen LogP contribution in [0.4, 0.5) is 0 Å². The molecule has 0 bridgehead atoms. The van der Waals surface area contributed by atoms with Crippen molar-refractivity contribution in [2.24, 2.45) is 10.8 Å². The van der Waals surface area contributed by atoms with E-state index in [4.69, 9.17) is 23.2 Å². The summed E-state index contributed by atoms with van der Waals surface area (Å²) in [5.41, 5.74) is -0.248. The van der Waals surface area contributed by atoms with Gasteiger partial charge in [0.25, 0.3) is 0 Å². The van der Waals surface area contributed by atoms with Gasteiger partial charge in [0.05, 0.1) is 34.9 Å². The third kappa shape index (κ3) is 6.54. The largest absolute Gasteiger partial charge is 0.481 e. The Bertz CT molecular complexity index is 1290. The molecule has 4 unspecified atom stereocenters. The number of nitrogens with zero attached hydrogens (tertiary/aromatic N) is 1. The Balaban J connectivity index is 2.35. The van der Waals surface area contributed by atoms with Crippen LogP contribution in [0.3, 0.4) is 0 Å². The second-order valence-corrected chi connectivity index (χ2v) is 15.4. The lowest BCUT2D eigenvalue weighted by molar-refractivity contribution is -0.162. The second kappa shape index (κ2) is 11.2. The predicted molar refractivity (Wildman–Crippen MR) is 152 cm³/mol. The quantitative estimate of drug-likeness (QED) is 0.371. The Morgan fingerprint density at radius 3 is 2.18 bits per heavy atom. The number of amides is 1. The molecule has 0 aromatic heterocycles. The fourth-order valence-corrected chi connectivity index (χ4v) is 7.19. The first-order valence-electron chi connectivity index (χ1n) is 12.7. The van der Waals surface area contributed by atoms with Gasteiger partial charge in [0, 0.05) is 16.0 Å². The highest BCUT2D eigenvalue weighted by Crippen LogP contribution is 2.53. The summed E-state index contributed by atoms with van der Waals surface area (Å²) in [6.45, 7) is 10.7. The maximum Gasteiger partial charge on any atom is 0.304 e. The normalized spacial score (nSPS) is 23.5. The molecular weight excluding hydrogens is 545 g/mol. The summed E-state index contributed by atoms with van der Waals surface area (Å²) in [4.78, 5) is 28.1. The van der Waals surface area contributed by atoms with Gasteiger partial charge in [0.2, 0.25) is 5.91 Å². The number of carbonyl (C=O) groups excluding carboxylic acids is 1. The number of carboxylic acids is 1. The minimum Gasteiger partial charge on any atom is -0.481 e. The van der Waals surface area contributed by atoms with Gasteiger partial charge in [-0.05, 0) is 61.1 Å². The van der Waals surface area contributed by atoms with Crippen molar-refractivity contribution in [1.29, 1.82) is 0 Å². The molecule has 2 aromatic carbocycles. The number of halogens is 2. The third-order valence-electron chi connectivity index (χ3n) is 7.58. The Kier molecular flexibility index (Phi) is 8.96. The van der Waals surface area contributed by atoms with Crippen LogP contribution in [0.1, 0.15) is 77.5 Å². The van der Waals surface area contributed by atoms with Crippen molar-refractivity contribution in [3.63, 3.8) is 0 Å². The van der Waals surface area contributed by atoms with E-state index in [9.17, 15) is 23.1 Å². The van der Waals surface area contributed by atoms with Crippen molar-refractivity contribution >= 4 is 44.9 Å². The van der Waals surface area contributed by atoms with Crippen LogP contribution < -0.4 is 0 Å². The lowest BCUT2D eigenvalue weighted by Crippen LogP contribution is -2.60. The Hall–Kier alpha value is -2.09. The van der Waals surface area contributed by atoms with Gasteiger partial charge >= 0.3 is 5.97 Å². The molecule has 1 aliphatic heterocycles. The number of aliphatic carboxylic acids is 1. The molecule has 0 radical (unpaired) electrons. The van der Waals surface area contributed by atoms with E-state index in [1.54, 1.807) is 43.9 Å². The zero-order valence-corrected chi connectivity index (χ0v) is 25.1. The van der Waals surface area contributed by atoms with Crippen LogP contribution in [-0.4, -0.2) is 47.3 Å². The molecule has 6 nitrogen and oxygen atoms in total. The van der Waals surface area contributed by atoms with Gasteiger partial charge in [0.1, 0.15) is 0 Å². The number of carboxylic acid groups (broad SMARTS) is 1. The first-order valence-corrected chi connectivity index (χ1v) is 15.2. The van der Waals surface area contributed by atoms with Gasteiger partial charge in [-0.25, -0.2) is 8.42 Å². The van der Waals surface area contributed by atoms with E-state index in [0.717, 1.165) is 11.1 Å². The van der Waals surface area contributed by atoms with Crippen LogP contribution in [-0.2, 0) is 19.4 Å². The maximum absolute atomic E-state index is 14.4.